The third kappa shape index (κ3) is 3.52. The summed E-state index contributed by atoms with van der Waals surface area (Å²) in [6.07, 6.45) is 3.99. The van der Waals surface area contributed by atoms with Crippen LogP contribution in [0.15, 0.2) is 24.5 Å². The van der Waals surface area contributed by atoms with E-state index < -0.39 is 6.04 Å². The summed E-state index contributed by atoms with van der Waals surface area (Å²) in [6, 6.07) is 3.46. The Morgan fingerprint density at radius 1 is 1.60 bits per heavy atom. The Morgan fingerprint density at radius 3 is 3.10 bits per heavy atom. The van der Waals surface area contributed by atoms with Crippen molar-refractivity contribution in [3.05, 3.63) is 35.8 Å². The molecule has 108 valence electrons. The van der Waals surface area contributed by atoms with Gasteiger partial charge in [-0.2, -0.15) is 11.8 Å². The molecule has 2 aromatic heterocycles. The van der Waals surface area contributed by atoms with Gasteiger partial charge in [-0.3, -0.25) is 4.79 Å². The lowest BCUT2D eigenvalue weighted by molar-refractivity contribution is -0.144. The van der Waals surface area contributed by atoms with Gasteiger partial charge in [-0.05, 0) is 25.5 Å². The normalized spacial score (nSPS) is 12.6. The van der Waals surface area contributed by atoms with Crippen LogP contribution >= 0.6 is 11.8 Å². The van der Waals surface area contributed by atoms with Crippen molar-refractivity contribution < 1.29 is 9.53 Å². The molecule has 0 saturated heterocycles. The third-order valence-electron chi connectivity index (χ3n) is 2.86. The molecule has 0 aromatic carbocycles. The first-order valence-electron chi connectivity index (χ1n) is 6.55. The quantitative estimate of drug-likeness (QED) is 0.822. The third-order valence-corrected chi connectivity index (χ3v) is 3.96. The number of carbonyl (C=O) groups is 1. The molecule has 20 heavy (non-hydrogen) atoms. The molecule has 0 aliphatic carbocycles. The molecule has 1 atom stereocenters. The van der Waals surface area contributed by atoms with E-state index in [-0.39, 0.29) is 5.97 Å². The number of thioether (sulfide) groups is 1. The van der Waals surface area contributed by atoms with E-state index >= 15 is 0 Å². The fourth-order valence-corrected chi connectivity index (χ4v) is 2.74. The molecule has 0 spiro atoms. The van der Waals surface area contributed by atoms with Crippen LogP contribution in [0.1, 0.15) is 18.2 Å². The summed E-state index contributed by atoms with van der Waals surface area (Å²) in [7, 11) is 0. The summed E-state index contributed by atoms with van der Waals surface area (Å²) in [5, 5.41) is 0. The van der Waals surface area contributed by atoms with E-state index in [0.29, 0.717) is 12.4 Å². The Hall–Kier alpha value is -1.53. The predicted octanol–water partition coefficient (Wildman–Crippen LogP) is 1.77. The molecule has 2 N–H and O–H groups in total. The number of rotatable bonds is 6. The summed E-state index contributed by atoms with van der Waals surface area (Å²) in [5.74, 6) is 0.922. The number of nitrogens with two attached hydrogens (primary N) is 1. The van der Waals surface area contributed by atoms with Crippen molar-refractivity contribution in [2.24, 2.45) is 5.73 Å². The van der Waals surface area contributed by atoms with Gasteiger partial charge in [-0.15, -0.1) is 0 Å². The molecule has 2 rings (SSSR count). The van der Waals surface area contributed by atoms with Crippen LogP contribution in [0.4, 0.5) is 0 Å². The van der Waals surface area contributed by atoms with Gasteiger partial charge < -0.3 is 14.9 Å². The maximum atomic E-state index is 11.4. The molecule has 0 fully saturated rings. The number of ether oxygens (including phenoxy) is 1. The maximum Gasteiger partial charge on any atom is 0.323 e. The number of aryl methyl sites for hydroxylation is 1. The Kier molecular flexibility index (Phi) is 5.03. The molecule has 2 heterocycles. The predicted molar refractivity (Wildman–Crippen MR) is 80.7 cm³/mol. The number of fused-ring (bicyclic) bond motifs is 1. The van der Waals surface area contributed by atoms with E-state index in [2.05, 4.69) is 4.98 Å². The largest absolute Gasteiger partial charge is 0.465 e. The lowest BCUT2D eigenvalue weighted by Crippen LogP contribution is -2.34. The van der Waals surface area contributed by atoms with Crippen LogP contribution in [-0.4, -0.2) is 33.8 Å². The van der Waals surface area contributed by atoms with E-state index in [0.717, 1.165) is 22.7 Å². The summed E-state index contributed by atoms with van der Waals surface area (Å²) in [6.45, 7) is 4.18. The maximum absolute atomic E-state index is 11.4. The van der Waals surface area contributed by atoms with Gasteiger partial charge >= 0.3 is 5.97 Å². The van der Waals surface area contributed by atoms with E-state index in [9.17, 15) is 4.79 Å². The summed E-state index contributed by atoms with van der Waals surface area (Å²) in [4.78, 5) is 16.0. The molecule has 0 aliphatic heterocycles. The number of pyridine rings is 1. The number of esters is 1. The van der Waals surface area contributed by atoms with Gasteiger partial charge in [0.25, 0.3) is 0 Å². The van der Waals surface area contributed by atoms with Crippen LogP contribution in [0.3, 0.4) is 0 Å². The van der Waals surface area contributed by atoms with Gasteiger partial charge in [-0.1, -0.05) is 6.07 Å². The Morgan fingerprint density at radius 2 is 2.40 bits per heavy atom. The molecular formula is C14H19N3O2S. The number of aromatic nitrogens is 2. The van der Waals surface area contributed by atoms with Crippen molar-refractivity contribution in [3.63, 3.8) is 0 Å². The summed E-state index contributed by atoms with van der Waals surface area (Å²) in [5.41, 5.74) is 8.85. The number of carbonyl (C=O) groups excluding carboxylic acids is 1. The van der Waals surface area contributed by atoms with Gasteiger partial charge in [0.15, 0.2) is 0 Å². The zero-order valence-electron chi connectivity index (χ0n) is 11.7. The SMILES string of the molecule is CCOC(=O)C(N)CSCc1cn2cccc(C)c2n1. The fourth-order valence-electron chi connectivity index (χ4n) is 1.88. The molecule has 1 unspecified atom stereocenters. The molecule has 2 aromatic rings. The Balaban J connectivity index is 1.90. The van der Waals surface area contributed by atoms with Gasteiger partial charge in [-0.25, -0.2) is 4.98 Å². The molecule has 6 heteroatoms. The van der Waals surface area contributed by atoms with Gasteiger partial charge in [0.2, 0.25) is 0 Å². The molecular weight excluding hydrogens is 274 g/mol. The summed E-state index contributed by atoms with van der Waals surface area (Å²) >= 11 is 1.59. The van der Waals surface area contributed by atoms with E-state index in [1.54, 1.807) is 18.7 Å². The van der Waals surface area contributed by atoms with Gasteiger partial charge in [0, 0.05) is 23.9 Å². The minimum atomic E-state index is -0.571. The van der Waals surface area contributed by atoms with Crippen molar-refractivity contribution in [3.8, 4) is 0 Å². The second-order valence-corrected chi connectivity index (χ2v) is 5.56. The zero-order valence-corrected chi connectivity index (χ0v) is 12.5. The van der Waals surface area contributed by atoms with Crippen LogP contribution < -0.4 is 5.73 Å². The average Bonchev–Trinajstić information content (AvgIpc) is 2.83. The first kappa shape index (κ1) is 14.9. The Bertz CT molecular complexity index is 597. The van der Waals surface area contributed by atoms with E-state index in [4.69, 9.17) is 10.5 Å². The van der Waals surface area contributed by atoms with Crippen LogP contribution in [0.25, 0.3) is 5.65 Å². The van der Waals surface area contributed by atoms with Gasteiger partial charge in [0.05, 0.1) is 12.3 Å². The Labute approximate surface area is 122 Å². The first-order chi connectivity index (χ1) is 9.61. The average molecular weight is 293 g/mol. The van der Waals surface area contributed by atoms with Gasteiger partial charge in [0.1, 0.15) is 11.7 Å². The topological polar surface area (TPSA) is 69.6 Å². The molecule has 0 amide bonds. The number of nitrogens with zero attached hydrogens (tertiary/aromatic N) is 2. The highest BCUT2D eigenvalue weighted by Crippen LogP contribution is 2.15. The van der Waals surface area contributed by atoms with Crippen molar-refractivity contribution in [1.82, 2.24) is 9.38 Å². The van der Waals surface area contributed by atoms with Crippen LogP contribution in [0, 0.1) is 6.92 Å². The smallest absolute Gasteiger partial charge is 0.323 e. The van der Waals surface area contributed by atoms with Crippen LogP contribution in [0.5, 0.6) is 0 Å². The van der Waals surface area contributed by atoms with Crippen LogP contribution in [-0.2, 0) is 15.3 Å². The zero-order chi connectivity index (χ0) is 14.5. The number of imidazole rings is 1. The van der Waals surface area contributed by atoms with Crippen molar-refractivity contribution in [2.75, 3.05) is 12.4 Å². The number of hydrogen-bond donors (Lipinski definition) is 1. The minimum absolute atomic E-state index is 0.342. The lowest BCUT2D eigenvalue weighted by atomic mass is 10.3. The molecule has 0 bridgehead atoms. The minimum Gasteiger partial charge on any atom is -0.465 e. The highest BCUT2D eigenvalue weighted by atomic mass is 32.2. The first-order valence-corrected chi connectivity index (χ1v) is 7.70. The van der Waals surface area contributed by atoms with E-state index in [1.165, 1.54) is 0 Å². The number of hydrogen-bond acceptors (Lipinski definition) is 5. The molecule has 5 nitrogen and oxygen atoms in total. The second kappa shape index (κ2) is 6.76. The standard InChI is InChI=1S/C14H19N3O2S/c1-3-19-14(18)12(15)9-20-8-11-7-17-6-4-5-10(2)13(17)16-11/h4-7,12H,3,8-9,15H2,1-2H3. The molecule has 0 radical (unpaired) electrons. The van der Waals surface area contributed by atoms with Crippen molar-refractivity contribution in [2.45, 2.75) is 25.6 Å². The van der Waals surface area contributed by atoms with E-state index in [1.807, 2.05) is 35.9 Å². The fraction of sp³-hybridized carbons (Fsp3) is 0.429. The second-order valence-electron chi connectivity index (χ2n) is 4.53. The summed E-state index contributed by atoms with van der Waals surface area (Å²) < 4.78 is 6.88. The van der Waals surface area contributed by atoms with Crippen molar-refractivity contribution in [1.29, 1.82) is 0 Å². The highest BCUT2D eigenvalue weighted by Gasteiger charge is 2.14. The molecule has 0 aliphatic rings. The van der Waals surface area contributed by atoms with Crippen LogP contribution in [0.2, 0.25) is 0 Å². The monoisotopic (exact) mass is 293 g/mol. The molecule has 0 saturated carbocycles. The lowest BCUT2D eigenvalue weighted by Gasteiger charge is -2.09. The highest BCUT2D eigenvalue weighted by molar-refractivity contribution is 7.98. The van der Waals surface area contributed by atoms with Crippen molar-refractivity contribution >= 4 is 23.4 Å².